The molecule has 0 amide bonds. The van der Waals surface area contributed by atoms with Gasteiger partial charge in [0.1, 0.15) is 0 Å². The molecule has 1 aromatic rings. The third-order valence-corrected chi connectivity index (χ3v) is 4.43. The number of thiophene rings is 1. The maximum absolute atomic E-state index is 13.3. The normalized spacial score (nSPS) is 28.0. The van der Waals surface area contributed by atoms with Gasteiger partial charge in [-0.3, -0.25) is 0 Å². The molecule has 0 saturated heterocycles. The van der Waals surface area contributed by atoms with Crippen molar-refractivity contribution in [2.24, 2.45) is 5.73 Å². The summed E-state index contributed by atoms with van der Waals surface area (Å²) in [6.45, 7) is 2.13. The van der Waals surface area contributed by atoms with Crippen LogP contribution in [0, 0.1) is 0 Å². The fraction of sp³-hybridized carbons (Fsp3) is 0.636. The van der Waals surface area contributed by atoms with Crippen LogP contribution in [-0.2, 0) is 11.8 Å². The Morgan fingerprint density at radius 3 is 2.60 bits per heavy atom. The second-order valence-corrected chi connectivity index (χ2v) is 5.35. The number of hydrogen-bond acceptors (Lipinski definition) is 2. The number of alkyl halides is 2. The van der Waals surface area contributed by atoms with Gasteiger partial charge in [-0.15, -0.1) is 11.3 Å². The maximum atomic E-state index is 13.3. The molecule has 1 saturated carbocycles. The van der Waals surface area contributed by atoms with Crippen molar-refractivity contribution in [2.75, 3.05) is 6.54 Å². The van der Waals surface area contributed by atoms with Crippen LogP contribution in [0.4, 0.5) is 8.78 Å². The summed E-state index contributed by atoms with van der Waals surface area (Å²) in [6.07, 6.45) is 1.94. The zero-order valence-corrected chi connectivity index (χ0v) is 9.54. The van der Waals surface area contributed by atoms with Gasteiger partial charge in [0.05, 0.1) is 5.41 Å². The summed E-state index contributed by atoms with van der Waals surface area (Å²) in [4.78, 5) is 1.95. The van der Waals surface area contributed by atoms with Crippen molar-refractivity contribution in [3.05, 3.63) is 21.9 Å². The Hall–Kier alpha value is -0.480. The molecule has 1 aliphatic rings. The molecule has 2 N–H and O–H groups in total. The van der Waals surface area contributed by atoms with Crippen molar-refractivity contribution in [1.82, 2.24) is 0 Å². The number of rotatable bonds is 4. The number of aryl methyl sites for hydroxylation is 1. The molecule has 84 valence electrons. The first-order valence-corrected chi connectivity index (χ1v) is 6.04. The van der Waals surface area contributed by atoms with Gasteiger partial charge in [0, 0.05) is 22.7 Å². The third kappa shape index (κ3) is 1.60. The van der Waals surface area contributed by atoms with Crippen molar-refractivity contribution in [1.29, 1.82) is 0 Å². The topological polar surface area (TPSA) is 26.0 Å². The predicted molar refractivity (Wildman–Crippen MR) is 58.6 cm³/mol. The van der Waals surface area contributed by atoms with Crippen LogP contribution in [0.1, 0.15) is 29.5 Å². The van der Waals surface area contributed by atoms with E-state index in [1.54, 1.807) is 0 Å². The minimum atomic E-state index is -2.59. The van der Waals surface area contributed by atoms with Crippen LogP contribution in [0.5, 0.6) is 0 Å². The zero-order chi connectivity index (χ0) is 11.1. The molecule has 2 rings (SSSR count). The van der Waals surface area contributed by atoms with Crippen LogP contribution in [0.15, 0.2) is 12.1 Å². The molecule has 1 fully saturated rings. The minimum Gasteiger partial charge on any atom is -0.329 e. The Balaban J connectivity index is 2.22. The smallest absolute Gasteiger partial charge is 0.261 e. The highest BCUT2D eigenvalue weighted by atomic mass is 32.1. The summed E-state index contributed by atoms with van der Waals surface area (Å²) in [5.41, 5.74) is 4.45. The van der Waals surface area contributed by atoms with Crippen LogP contribution in [-0.4, -0.2) is 12.5 Å². The van der Waals surface area contributed by atoms with Crippen molar-refractivity contribution in [3.63, 3.8) is 0 Å². The molecule has 4 heteroatoms. The Morgan fingerprint density at radius 1 is 1.47 bits per heavy atom. The fourth-order valence-electron chi connectivity index (χ4n) is 1.94. The summed E-state index contributed by atoms with van der Waals surface area (Å²) < 4.78 is 26.5. The molecule has 1 aliphatic carbocycles. The van der Waals surface area contributed by atoms with Gasteiger partial charge in [0.15, 0.2) is 0 Å². The lowest BCUT2D eigenvalue weighted by Gasteiger charge is -2.10. The Labute approximate surface area is 92.3 Å². The van der Waals surface area contributed by atoms with Crippen LogP contribution < -0.4 is 5.73 Å². The van der Waals surface area contributed by atoms with Gasteiger partial charge in [0.2, 0.25) is 0 Å². The second kappa shape index (κ2) is 3.52. The van der Waals surface area contributed by atoms with Crippen molar-refractivity contribution in [3.8, 4) is 0 Å². The first-order chi connectivity index (χ1) is 7.05. The van der Waals surface area contributed by atoms with Gasteiger partial charge in [0.25, 0.3) is 5.92 Å². The van der Waals surface area contributed by atoms with Crippen LogP contribution in [0.25, 0.3) is 0 Å². The van der Waals surface area contributed by atoms with Crippen molar-refractivity contribution in [2.45, 2.75) is 37.5 Å². The zero-order valence-electron chi connectivity index (χ0n) is 8.72. The van der Waals surface area contributed by atoms with Gasteiger partial charge in [-0.05, 0) is 18.6 Å². The highest BCUT2D eigenvalue weighted by molar-refractivity contribution is 7.12. The first kappa shape index (κ1) is 11.0. The van der Waals surface area contributed by atoms with Gasteiger partial charge < -0.3 is 5.73 Å². The van der Waals surface area contributed by atoms with Gasteiger partial charge in [-0.2, -0.15) is 0 Å². The van der Waals surface area contributed by atoms with Gasteiger partial charge in [-0.1, -0.05) is 13.3 Å². The monoisotopic (exact) mass is 231 g/mol. The van der Waals surface area contributed by atoms with Gasteiger partial charge in [-0.25, -0.2) is 8.78 Å². The summed E-state index contributed by atoms with van der Waals surface area (Å²) >= 11 is 1.49. The molecular weight excluding hydrogens is 216 g/mol. The van der Waals surface area contributed by atoms with E-state index in [4.69, 9.17) is 5.73 Å². The molecular formula is C11H15F2NS. The van der Waals surface area contributed by atoms with E-state index in [2.05, 4.69) is 6.92 Å². The first-order valence-electron chi connectivity index (χ1n) is 5.23. The molecule has 0 spiro atoms. The third-order valence-electron chi connectivity index (χ3n) is 3.08. The Bertz CT molecular complexity index is 361. The molecule has 1 heterocycles. The highest BCUT2D eigenvalue weighted by Crippen LogP contribution is 2.62. The SMILES string of the molecule is CCCc1ccc(C2(CN)CC2(F)F)s1. The lowest BCUT2D eigenvalue weighted by atomic mass is 10.1. The molecule has 0 radical (unpaired) electrons. The average molecular weight is 231 g/mol. The molecule has 1 nitrogen and oxygen atoms in total. The van der Waals surface area contributed by atoms with Crippen LogP contribution >= 0.6 is 11.3 Å². The van der Waals surface area contributed by atoms with E-state index < -0.39 is 11.3 Å². The molecule has 1 atom stereocenters. The quantitative estimate of drug-likeness (QED) is 0.847. The molecule has 1 aromatic heterocycles. The average Bonchev–Trinajstić information content (AvgIpc) is 2.59. The standard InChI is InChI=1S/C11H15F2NS/c1-2-3-8-4-5-9(15-8)10(7-14)6-11(10,12)13/h4-5H,2-3,6-7,14H2,1H3. The number of nitrogens with two attached hydrogens (primary N) is 1. The highest BCUT2D eigenvalue weighted by Gasteiger charge is 2.71. The lowest BCUT2D eigenvalue weighted by Crippen LogP contribution is -2.25. The van der Waals surface area contributed by atoms with Crippen LogP contribution in [0.2, 0.25) is 0 Å². The van der Waals surface area contributed by atoms with Crippen LogP contribution in [0.3, 0.4) is 0 Å². The van der Waals surface area contributed by atoms with E-state index in [1.807, 2.05) is 12.1 Å². The molecule has 0 bridgehead atoms. The van der Waals surface area contributed by atoms with E-state index >= 15 is 0 Å². The fourth-order valence-corrected chi connectivity index (χ4v) is 3.30. The minimum absolute atomic E-state index is 0.0477. The van der Waals surface area contributed by atoms with E-state index in [9.17, 15) is 8.78 Å². The summed E-state index contributed by atoms with van der Waals surface area (Å²) in [6, 6.07) is 3.78. The van der Waals surface area contributed by atoms with E-state index in [0.29, 0.717) is 0 Å². The Morgan fingerprint density at radius 2 is 2.13 bits per heavy atom. The lowest BCUT2D eigenvalue weighted by molar-refractivity contribution is 0.0904. The Kier molecular flexibility index (Phi) is 2.59. The predicted octanol–water partition coefficient (Wildman–Crippen LogP) is 2.94. The van der Waals surface area contributed by atoms with E-state index in [1.165, 1.54) is 16.2 Å². The molecule has 1 unspecified atom stereocenters. The molecule has 0 aliphatic heterocycles. The molecule has 0 aromatic carbocycles. The summed E-state index contributed by atoms with van der Waals surface area (Å²) in [5.74, 6) is -2.59. The second-order valence-electron chi connectivity index (χ2n) is 4.18. The summed E-state index contributed by atoms with van der Waals surface area (Å²) in [7, 11) is 0. The van der Waals surface area contributed by atoms with Crippen molar-refractivity contribution >= 4 is 11.3 Å². The van der Waals surface area contributed by atoms with E-state index in [0.717, 1.165) is 17.7 Å². The molecule has 15 heavy (non-hydrogen) atoms. The number of hydrogen-bond donors (Lipinski definition) is 1. The summed E-state index contributed by atoms with van der Waals surface area (Å²) in [5, 5.41) is 0. The number of halogens is 2. The van der Waals surface area contributed by atoms with E-state index in [-0.39, 0.29) is 13.0 Å². The van der Waals surface area contributed by atoms with Crippen molar-refractivity contribution < 1.29 is 8.78 Å². The maximum Gasteiger partial charge on any atom is 0.261 e. The largest absolute Gasteiger partial charge is 0.329 e. The van der Waals surface area contributed by atoms with Gasteiger partial charge >= 0.3 is 0 Å².